The summed E-state index contributed by atoms with van der Waals surface area (Å²) in [6.45, 7) is 0. The smallest absolute Gasteiger partial charge is 0.138 e. The Bertz CT molecular complexity index is 1350. The van der Waals surface area contributed by atoms with Crippen molar-refractivity contribution in [1.29, 1.82) is 0 Å². The van der Waals surface area contributed by atoms with Gasteiger partial charge in [-0.15, -0.1) is 11.3 Å². The normalized spacial score (nSPS) is 10.9. The fourth-order valence-corrected chi connectivity index (χ4v) is 4.68. The van der Waals surface area contributed by atoms with Crippen molar-refractivity contribution in [3.8, 4) is 33.6 Å². The molecule has 1 heterocycles. The summed E-state index contributed by atoms with van der Waals surface area (Å²) in [6, 6.07) is 29.5. The summed E-state index contributed by atoms with van der Waals surface area (Å²) < 4.78 is 15.2. The number of fused-ring (bicyclic) bond motifs is 1. The number of nitrogens with zero attached hydrogens (tertiary/aromatic N) is 1. The highest BCUT2D eigenvalue weighted by molar-refractivity contribution is 9.10. The first-order chi connectivity index (χ1) is 15.1. The third kappa shape index (κ3) is 4.66. The fourth-order valence-electron chi connectivity index (χ4n) is 3.10. The minimum Gasteiger partial charge on any atom is -0.457 e. The van der Waals surface area contributed by atoms with Crippen molar-refractivity contribution in [2.24, 2.45) is 0 Å². The molecule has 1 aromatic heterocycles. The van der Waals surface area contributed by atoms with Crippen molar-refractivity contribution >= 4 is 53.4 Å². The maximum absolute atomic E-state index is 6.16. The number of ether oxygens (including phenoxy) is 2. The van der Waals surface area contributed by atoms with Gasteiger partial charge in [-0.25, -0.2) is 4.98 Å². The molecule has 3 nitrogen and oxygen atoms in total. The largest absolute Gasteiger partial charge is 0.457 e. The molecule has 4 aromatic carbocycles. The van der Waals surface area contributed by atoms with Crippen LogP contribution in [-0.2, 0) is 0 Å². The number of halogens is 2. The Balaban J connectivity index is 1.48. The molecule has 0 fully saturated rings. The summed E-state index contributed by atoms with van der Waals surface area (Å²) in [5.74, 6) is 3.08. The molecule has 0 N–H and O–H groups in total. The molecular weight excluding hydrogens is 538 g/mol. The second kappa shape index (κ2) is 8.83. The van der Waals surface area contributed by atoms with Crippen LogP contribution in [0.4, 0.5) is 0 Å². The van der Waals surface area contributed by atoms with Crippen LogP contribution in [0.1, 0.15) is 0 Å². The lowest BCUT2D eigenvalue weighted by Gasteiger charge is -2.10. The molecule has 5 aromatic rings. The second-order valence-electron chi connectivity index (χ2n) is 6.76. The van der Waals surface area contributed by atoms with Crippen LogP contribution in [0.15, 0.2) is 99.9 Å². The van der Waals surface area contributed by atoms with E-state index in [9.17, 15) is 0 Å². The molecule has 0 saturated carbocycles. The van der Waals surface area contributed by atoms with Crippen LogP contribution in [0.3, 0.4) is 0 Å². The molecule has 0 aliphatic rings. The first-order valence-corrected chi connectivity index (χ1v) is 11.9. The lowest BCUT2D eigenvalue weighted by Crippen LogP contribution is -1.88. The molecule has 5 rings (SSSR count). The number of para-hydroxylation sites is 1. The van der Waals surface area contributed by atoms with Gasteiger partial charge in [-0.2, -0.15) is 0 Å². The maximum Gasteiger partial charge on any atom is 0.138 e. The van der Waals surface area contributed by atoms with E-state index in [2.05, 4.69) is 31.9 Å². The van der Waals surface area contributed by atoms with Crippen LogP contribution in [0.5, 0.6) is 23.0 Å². The third-order valence-electron chi connectivity index (χ3n) is 4.55. The van der Waals surface area contributed by atoms with Crippen LogP contribution < -0.4 is 9.47 Å². The van der Waals surface area contributed by atoms with Crippen molar-refractivity contribution in [2.45, 2.75) is 0 Å². The van der Waals surface area contributed by atoms with Crippen LogP contribution >= 0.6 is 43.2 Å². The van der Waals surface area contributed by atoms with Crippen LogP contribution in [0, 0.1) is 0 Å². The molecular formula is C25H15Br2NO2S. The number of benzene rings is 4. The van der Waals surface area contributed by atoms with Crippen molar-refractivity contribution in [1.82, 2.24) is 4.98 Å². The van der Waals surface area contributed by atoms with Crippen molar-refractivity contribution in [3.63, 3.8) is 0 Å². The Hall–Kier alpha value is -2.67. The molecule has 6 heteroatoms. The first-order valence-electron chi connectivity index (χ1n) is 9.51. The number of rotatable bonds is 5. The number of hydrogen-bond acceptors (Lipinski definition) is 4. The topological polar surface area (TPSA) is 31.4 Å². The van der Waals surface area contributed by atoms with E-state index in [0.717, 1.165) is 52.7 Å². The van der Waals surface area contributed by atoms with E-state index in [1.165, 1.54) is 0 Å². The summed E-state index contributed by atoms with van der Waals surface area (Å²) in [5, 5.41) is 0.897. The number of thiazole rings is 1. The highest BCUT2D eigenvalue weighted by Crippen LogP contribution is 2.40. The number of hydrogen-bond donors (Lipinski definition) is 0. The summed E-state index contributed by atoms with van der Waals surface area (Å²) >= 11 is 8.62. The van der Waals surface area contributed by atoms with Crippen LogP contribution in [0.25, 0.3) is 20.8 Å². The van der Waals surface area contributed by atoms with Gasteiger partial charge in [0.25, 0.3) is 0 Å². The zero-order chi connectivity index (χ0) is 21.2. The van der Waals surface area contributed by atoms with Crippen LogP contribution in [-0.4, -0.2) is 4.98 Å². The highest BCUT2D eigenvalue weighted by atomic mass is 79.9. The highest BCUT2D eigenvalue weighted by Gasteiger charge is 2.14. The van der Waals surface area contributed by atoms with Gasteiger partial charge >= 0.3 is 0 Å². The van der Waals surface area contributed by atoms with Gasteiger partial charge in [0.1, 0.15) is 28.0 Å². The van der Waals surface area contributed by atoms with E-state index >= 15 is 0 Å². The van der Waals surface area contributed by atoms with Crippen molar-refractivity contribution in [2.75, 3.05) is 0 Å². The Kier molecular flexibility index (Phi) is 5.76. The Morgan fingerprint density at radius 1 is 0.645 bits per heavy atom. The molecule has 0 bridgehead atoms. The number of aromatic nitrogens is 1. The van der Waals surface area contributed by atoms with Gasteiger partial charge in [-0.1, -0.05) is 50.1 Å². The zero-order valence-corrected chi connectivity index (χ0v) is 20.1. The van der Waals surface area contributed by atoms with Gasteiger partial charge in [0.2, 0.25) is 0 Å². The molecule has 0 amide bonds. The fraction of sp³-hybridized carbons (Fsp3) is 0. The summed E-state index contributed by atoms with van der Waals surface area (Å²) in [5.41, 5.74) is 1.84. The van der Waals surface area contributed by atoms with E-state index in [1.807, 2.05) is 91.0 Å². The van der Waals surface area contributed by atoms with E-state index in [1.54, 1.807) is 11.3 Å². The van der Waals surface area contributed by atoms with E-state index in [4.69, 9.17) is 14.5 Å². The average Bonchev–Trinajstić information content (AvgIpc) is 3.19. The quantitative estimate of drug-likeness (QED) is 0.218. The Labute approximate surface area is 200 Å². The predicted molar refractivity (Wildman–Crippen MR) is 133 cm³/mol. The van der Waals surface area contributed by atoms with Crippen LogP contribution in [0.2, 0.25) is 0 Å². The maximum atomic E-state index is 6.16. The zero-order valence-electron chi connectivity index (χ0n) is 16.1. The SMILES string of the molecule is Brc1ccc(Oc2ccc3sc(-c4ccc(Br)cc4Oc4ccccc4)nc3c2)cc1. The summed E-state index contributed by atoms with van der Waals surface area (Å²) in [6.07, 6.45) is 0. The molecule has 31 heavy (non-hydrogen) atoms. The van der Waals surface area contributed by atoms with Gasteiger partial charge < -0.3 is 9.47 Å². The van der Waals surface area contributed by atoms with Gasteiger partial charge in [0.05, 0.1) is 15.8 Å². The standard InChI is InChI=1S/C25H15Br2NO2S/c26-16-6-9-19(10-7-16)29-20-11-13-24-22(15-20)28-25(31-24)21-12-8-17(27)14-23(21)30-18-4-2-1-3-5-18/h1-15H. The molecule has 0 atom stereocenters. The third-order valence-corrected chi connectivity index (χ3v) is 6.65. The van der Waals surface area contributed by atoms with Crippen molar-refractivity contribution in [3.05, 3.63) is 99.9 Å². The predicted octanol–water partition coefficient (Wildman–Crippen LogP) is 9.07. The molecule has 0 aliphatic carbocycles. The summed E-state index contributed by atoms with van der Waals surface area (Å²) in [7, 11) is 0. The Morgan fingerprint density at radius 2 is 1.35 bits per heavy atom. The summed E-state index contributed by atoms with van der Waals surface area (Å²) in [4.78, 5) is 4.87. The minimum atomic E-state index is 0.753. The van der Waals surface area contributed by atoms with E-state index in [-0.39, 0.29) is 0 Å². The Morgan fingerprint density at radius 3 is 2.16 bits per heavy atom. The van der Waals surface area contributed by atoms with Gasteiger partial charge in [-0.05, 0) is 66.7 Å². The van der Waals surface area contributed by atoms with Gasteiger partial charge in [-0.3, -0.25) is 0 Å². The lowest BCUT2D eigenvalue weighted by molar-refractivity contribution is 0.483. The second-order valence-corrected chi connectivity index (χ2v) is 9.62. The molecule has 0 saturated heterocycles. The van der Waals surface area contributed by atoms with Gasteiger partial charge in [0.15, 0.2) is 0 Å². The molecule has 152 valence electrons. The average molecular weight is 553 g/mol. The monoisotopic (exact) mass is 551 g/mol. The van der Waals surface area contributed by atoms with Crippen molar-refractivity contribution < 1.29 is 9.47 Å². The van der Waals surface area contributed by atoms with E-state index in [0.29, 0.717) is 0 Å². The minimum absolute atomic E-state index is 0.753. The lowest BCUT2D eigenvalue weighted by atomic mass is 10.2. The molecule has 0 aliphatic heterocycles. The van der Waals surface area contributed by atoms with E-state index < -0.39 is 0 Å². The molecule has 0 unspecified atom stereocenters. The van der Waals surface area contributed by atoms with Gasteiger partial charge in [0, 0.05) is 15.0 Å². The molecule has 0 spiro atoms. The first kappa shape index (κ1) is 20.2. The molecule has 0 radical (unpaired) electrons.